The number of hydrogen-bond donors (Lipinski definition) is 2. The lowest BCUT2D eigenvalue weighted by Gasteiger charge is -2.24. The molecule has 1 aliphatic heterocycles. The first-order valence-electron chi connectivity index (χ1n) is 6.34. The summed E-state index contributed by atoms with van der Waals surface area (Å²) in [5, 5.41) is 8.81. The van der Waals surface area contributed by atoms with Gasteiger partial charge in [0.25, 0.3) is 10.2 Å². The number of nitrogens with zero attached hydrogens (tertiary/aromatic N) is 1. The van der Waals surface area contributed by atoms with Crippen molar-refractivity contribution < 1.29 is 13.5 Å². The lowest BCUT2D eigenvalue weighted by Crippen LogP contribution is -2.44. The standard InChI is InChI=1S/C11H24N2O3S/c1-10(2)9-12-17(15,16)13-7-3-5-11(13)6-4-8-14/h10-12,14H,3-9H2,1-2H3. The molecule has 1 heterocycles. The second kappa shape index (κ2) is 6.68. The van der Waals surface area contributed by atoms with E-state index < -0.39 is 10.2 Å². The van der Waals surface area contributed by atoms with Gasteiger partial charge in [0.2, 0.25) is 0 Å². The van der Waals surface area contributed by atoms with Crippen molar-refractivity contribution in [2.75, 3.05) is 19.7 Å². The monoisotopic (exact) mass is 264 g/mol. The van der Waals surface area contributed by atoms with E-state index >= 15 is 0 Å². The lowest BCUT2D eigenvalue weighted by atomic mass is 10.1. The van der Waals surface area contributed by atoms with Crippen molar-refractivity contribution in [2.24, 2.45) is 5.92 Å². The number of rotatable bonds is 7. The number of hydrogen-bond acceptors (Lipinski definition) is 3. The maximum Gasteiger partial charge on any atom is 0.279 e. The highest BCUT2D eigenvalue weighted by Gasteiger charge is 2.33. The fraction of sp³-hybridized carbons (Fsp3) is 1.00. The van der Waals surface area contributed by atoms with E-state index in [9.17, 15) is 8.42 Å². The molecule has 1 aliphatic rings. The molecule has 0 radical (unpaired) electrons. The molecule has 0 saturated carbocycles. The molecule has 0 aromatic rings. The predicted octanol–water partition coefficient (Wildman–Crippen LogP) is 0.714. The van der Waals surface area contributed by atoms with Gasteiger partial charge in [0, 0.05) is 25.7 Å². The Labute approximate surface area is 104 Å². The lowest BCUT2D eigenvalue weighted by molar-refractivity contribution is 0.263. The highest BCUT2D eigenvalue weighted by molar-refractivity contribution is 7.87. The van der Waals surface area contributed by atoms with Crippen molar-refractivity contribution in [1.29, 1.82) is 0 Å². The van der Waals surface area contributed by atoms with Gasteiger partial charge < -0.3 is 5.11 Å². The molecule has 0 bridgehead atoms. The molecular formula is C11H24N2O3S. The van der Waals surface area contributed by atoms with Gasteiger partial charge in [-0.25, -0.2) is 4.72 Å². The van der Waals surface area contributed by atoms with Crippen molar-refractivity contribution in [3.8, 4) is 0 Å². The average molecular weight is 264 g/mol. The molecule has 17 heavy (non-hydrogen) atoms. The topological polar surface area (TPSA) is 69.6 Å². The third-order valence-corrected chi connectivity index (χ3v) is 4.63. The average Bonchev–Trinajstić information content (AvgIpc) is 2.72. The van der Waals surface area contributed by atoms with Crippen LogP contribution in [-0.2, 0) is 10.2 Å². The van der Waals surface area contributed by atoms with Crippen molar-refractivity contribution in [2.45, 2.75) is 45.6 Å². The van der Waals surface area contributed by atoms with Crippen molar-refractivity contribution >= 4 is 10.2 Å². The summed E-state index contributed by atoms with van der Waals surface area (Å²) in [6.45, 7) is 5.17. The number of aliphatic hydroxyl groups is 1. The summed E-state index contributed by atoms with van der Waals surface area (Å²) >= 11 is 0. The first kappa shape index (κ1) is 14.9. The summed E-state index contributed by atoms with van der Waals surface area (Å²) in [5.74, 6) is 0.309. The minimum absolute atomic E-state index is 0.0619. The van der Waals surface area contributed by atoms with Gasteiger partial charge in [-0.05, 0) is 31.6 Å². The van der Waals surface area contributed by atoms with Crippen LogP contribution >= 0.6 is 0 Å². The van der Waals surface area contributed by atoms with E-state index in [0.29, 0.717) is 25.4 Å². The Morgan fingerprint density at radius 1 is 1.47 bits per heavy atom. The van der Waals surface area contributed by atoms with Gasteiger partial charge >= 0.3 is 0 Å². The van der Waals surface area contributed by atoms with Crippen LogP contribution in [0.4, 0.5) is 0 Å². The zero-order valence-corrected chi connectivity index (χ0v) is 11.5. The molecule has 1 fully saturated rings. The minimum Gasteiger partial charge on any atom is -0.396 e. The van der Waals surface area contributed by atoms with Crippen LogP contribution < -0.4 is 4.72 Å². The normalized spacial score (nSPS) is 22.5. The molecule has 0 amide bonds. The zero-order valence-electron chi connectivity index (χ0n) is 10.7. The highest BCUT2D eigenvalue weighted by atomic mass is 32.2. The quantitative estimate of drug-likeness (QED) is 0.711. The summed E-state index contributed by atoms with van der Waals surface area (Å²) in [7, 11) is -3.33. The second-order valence-corrected chi connectivity index (χ2v) is 6.73. The third-order valence-electron chi connectivity index (χ3n) is 3.00. The fourth-order valence-electron chi connectivity index (χ4n) is 2.10. The van der Waals surface area contributed by atoms with E-state index in [1.807, 2.05) is 13.8 Å². The van der Waals surface area contributed by atoms with Gasteiger partial charge in [-0.2, -0.15) is 12.7 Å². The number of nitrogens with one attached hydrogen (secondary N) is 1. The molecular weight excluding hydrogens is 240 g/mol. The van der Waals surface area contributed by atoms with Gasteiger partial charge in [-0.3, -0.25) is 0 Å². The highest BCUT2D eigenvalue weighted by Crippen LogP contribution is 2.23. The summed E-state index contributed by atoms with van der Waals surface area (Å²) in [6, 6.07) is 0.0619. The molecule has 1 saturated heterocycles. The smallest absolute Gasteiger partial charge is 0.279 e. The molecule has 1 rings (SSSR count). The maximum atomic E-state index is 12.1. The molecule has 6 heteroatoms. The van der Waals surface area contributed by atoms with E-state index in [0.717, 1.165) is 19.3 Å². The van der Waals surface area contributed by atoms with Crippen molar-refractivity contribution in [3.05, 3.63) is 0 Å². The Morgan fingerprint density at radius 2 is 2.18 bits per heavy atom. The first-order chi connectivity index (χ1) is 7.97. The van der Waals surface area contributed by atoms with Crippen LogP contribution in [0.5, 0.6) is 0 Å². The van der Waals surface area contributed by atoms with Crippen LogP contribution in [0.2, 0.25) is 0 Å². The largest absolute Gasteiger partial charge is 0.396 e. The molecule has 0 aromatic carbocycles. The Hall–Kier alpha value is -0.170. The molecule has 1 atom stereocenters. The molecule has 0 aliphatic carbocycles. The maximum absolute atomic E-state index is 12.1. The van der Waals surface area contributed by atoms with E-state index in [2.05, 4.69) is 4.72 Å². The van der Waals surface area contributed by atoms with Crippen LogP contribution in [-0.4, -0.2) is 43.6 Å². The van der Waals surface area contributed by atoms with Crippen molar-refractivity contribution in [3.63, 3.8) is 0 Å². The molecule has 0 spiro atoms. The second-order valence-electron chi connectivity index (χ2n) is 5.02. The van der Waals surface area contributed by atoms with E-state index in [1.165, 1.54) is 0 Å². The SMILES string of the molecule is CC(C)CNS(=O)(=O)N1CCCC1CCCO. The van der Waals surface area contributed by atoms with Gasteiger partial charge in [0.05, 0.1) is 0 Å². The molecule has 5 nitrogen and oxygen atoms in total. The molecule has 0 aromatic heterocycles. The van der Waals surface area contributed by atoms with Crippen molar-refractivity contribution in [1.82, 2.24) is 9.03 Å². The van der Waals surface area contributed by atoms with Crippen LogP contribution in [0.25, 0.3) is 0 Å². The van der Waals surface area contributed by atoms with Crippen LogP contribution in [0, 0.1) is 5.92 Å². The minimum atomic E-state index is -3.33. The van der Waals surface area contributed by atoms with Crippen LogP contribution in [0.1, 0.15) is 39.5 Å². The Kier molecular flexibility index (Phi) is 5.85. The summed E-state index contributed by atoms with van der Waals surface area (Å²) in [6.07, 6.45) is 3.24. The first-order valence-corrected chi connectivity index (χ1v) is 7.78. The van der Waals surface area contributed by atoms with E-state index in [1.54, 1.807) is 4.31 Å². The van der Waals surface area contributed by atoms with Gasteiger partial charge in [0.15, 0.2) is 0 Å². The number of aliphatic hydroxyl groups excluding tert-OH is 1. The summed E-state index contributed by atoms with van der Waals surface area (Å²) in [4.78, 5) is 0. The van der Waals surface area contributed by atoms with Gasteiger partial charge in [0.1, 0.15) is 0 Å². The van der Waals surface area contributed by atoms with Gasteiger partial charge in [-0.1, -0.05) is 13.8 Å². The van der Waals surface area contributed by atoms with E-state index in [4.69, 9.17) is 5.11 Å². The van der Waals surface area contributed by atoms with Crippen LogP contribution in [0.3, 0.4) is 0 Å². The predicted molar refractivity (Wildman–Crippen MR) is 67.8 cm³/mol. The Morgan fingerprint density at radius 3 is 2.76 bits per heavy atom. The van der Waals surface area contributed by atoms with E-state index in [-0.39, 0.29) is 12.6 Å². The Bertz CT molecular complexity index is 317. The molecule has 1 unspecified atom stereocenters. The summed E-state index contributed by atoms with van der Waals surface area (Å²) in [5.41, 5.74) is 0. The van der Waals surface area contributed by atoms with Crippen LogP contribution in [0.15, 0.2) is 0 Å². The zero-order chi connectivity index (χ0) is 12.9. The third kappa shape index (κ3) is 4.54. The van der Waals surface area contributed by atoms with Gasteiger partial charge in [-0.15, -0.1) is 0 Å². The summed E-state index contributed by atoms with van der Waals surface area (Å²) < 4.78 is 28.3. The Balaban J connectivity index is 2.56. The molecule has 2 N–H and O–H groups in total. The molecule has 102 valence electrons. The fourth-order valence-corrected chi connectivity index (χ4v) is 3.78.